The largest absolute Gasteiger partial charge is 0.444 e. The quantitative estimate of drug-likeness (QED) is 0.231. The van der Waals surface area contributed by atoms with Crippen molar-refractivity contribution in [1.82, 2.24) is 21.3 Å². The van der Waals surface area contributed by atoms with E-state index in [-0.39, 0.29) is 11.8 Å². The fourth-order valence-electron chi connectivity index (χ4n) is 3.10. The first-order chi connectivity index (χ1) is 14.1. The smallest absolute Gasteiger partial charge is 0.408 e. The van der Waals surface area contributed by atoms with Gasteiger partial charge in [0.1, 0.15) is 5.60 Å². The maximum absolute atomic E-state index is 12.3. The average molecular weight is 426 g/mol. The van der Waals surface area contributed by atoms with Gasteiger partial charge < -0.3 is 26.0 Å². The van der Waals surface area contributed by atoms with Gasteiger partial charge in [0.05, 0.1) is 12.1 Å². The van der Waals surface area contributed by atoms with Crippen LogP contribution in [0, 0.1) is 5.92 Å². The number of aliphatic imine (C=N–C) groups is 1. The van der Waals surface area contributed by atoms with Gasteiger partial charge in [0, 0.05) is 25.6 Å². The van der Waals surface area contributed by atoms with Crippen LogP contribution < -0.4 is 21.3 Å². The highest BCUT2D eigenvalue weighted by molar-refractivity contribution is 5.80. The Morgan fingerprint density at radius 1 is 1.00 bits per heavy atom. The number of nitrogens with one attached hydrogen (secondary N) is 4. The minimum atomic E-state index is -0.537. The van der Waals surface area contributed by atoms with Gasteiger partial charge in [-0.2, -0.15) is 0 Å². The third-order valence-electron chi connectivity index (χ3n) is 5.42. The summed E-state index contributed by atoms with van der Waals surface area (Å²) in [5.74, 6) is 1.12. The van der Waals surface area contributed by atoms with E-state index in [0.717, 1.165) is 38.6 Å². The second-order valence-electron chi connectivity index (χ2n) is 9.01. The van der Waals surface area contributed by atoms with E-state index in [1.807, 2.05) is 41.5 Å². The van der Waals surface area contributed by atoms with E-state index >= 15 is 0 Å². The number of hydrogen-bond donors (Lipinski definition) is 4. The van der Waals surface area contributed by atoms with Gasteiger partial charge in [0.15, 0.2) is 5.96 Å². The molecule has 1 aliphatic carbocycles. The minimum Gasteiger partial charge on any atom is -0.444 e. The first-order valence-corrected chi connectivity index (χ1v) is 11.5. The molecule has 0 aromatic carbocycles. The molecule has 1 aliphatic rings. The molecule has 0 heterocycles. The topological polar surface area (TPSA) is 104 Å². The van der Waals surface area contributed by atoms with Crippen LogP contribution in [0.15, 0.2) is 4.99 Å². The van der Waals surface area contributed by atoms with Crippen LogP contribution in [0.25, 0.3) is 0 Å². The van der Waals surface area contributed by atoms with Crippen LogP contribution >= 0.6 is 0 Å². The summed E-state index contributed by atoms with van der Waals surface area (Å²) < 4.78 is 5.43. The summed E-state index contributed by atoms with van der Waals surface area (Å²) in [5, 5.41) is 12.6. The zero-order valence-electron chi connectivity index (χ0n) is 19.8. The molecular weight excluding hydrogens is 382 g/mol. The Labute approximate surface area is 182 Å². The normalized spacial score (nSPS) is 15.2. The highest BCUT2D eigenvalue weighted by Crippen LogP contribution is 2.26. The molecule has 1 saturated carbocycles. The van der Waals surface area contributed by atoms with Crippen LogP contribution in [-0.4, -0.2) is 55.3 Å². The number of alkyl carbamates (subject to hydrolysis) is 1. The fraction of sp³-hybridized carbons (Fsp3) is 0.864. The predicted octanol–water partition coefficient (Wildman–Crippen LogP) is 2.93. The SMILES string of the molecule is CCNC(=NCC(CC)(CC)NC(=O)OC(C)(C)C)NCCCNC(=O)C1CCC1. The Hall–Kier alpha value is -1.99. The molecule has 174 valence electrons. The molecular formula is C22H43N5O3. The molecule has 0 saturated heterocycles. The lowest BCUT2D eigenvalue weighted by atomic mass is 9.85. The second kappa shape index (κ2) is 12.6. The Kier molecular flexibility index (Phi) is 11.0. The summed E-state index contributed by atoms with van der Waals surface area (Å²) in [6, 6.07) is 0. The second-order valence-corrected chi connectivity index (χ2v) is 9.01. The summed E-state index contributed by atoms with van der Waals surface area (Å²) >= 11 is 0. The van der Waals surface area contributed by atoms with E-state index in [2.05, 4.69) is 21.3 Å². The molecule has 4 N–H and O–H groups in total. The summed E-state index contributed by atoms with van der Waals surface area (Å²) in [6.45, 7) is 14.2. The van der Waals surface area contributed by atoms with Crippen molar-refractivity contribution < 1.29 is 14.3 Å². The van der Waals surface area contributed by atoms with Crippen molar-refractivity contribution >= 4 is 18.0 Å². The number of nitrogens with zero attached hydrogens (tertiary/aromatic N) is 1. The number of rotatable bonds is 11. The van der Waals surface area contributed by atoms with Crippen LogP contribution in [0.4, 0.5) is 4.79 Å². The van der Waals surface area contributed by atoms with Crippen molar-refractivity contribution in [1.29, 1.82) is 0 Å². The van der Waals surface area contributed by atoms with Crippen LogP contribution in [0.3, 0.4) is 0 Å². The summed E-state index contributed by atoms with van der Waals surface area (Å²) in [5.41, 5.74) is -0.994. The van der Waals surface area contributed by atoms with E-state index in [1.54, 1.807) is 0 Å². The maximum Gasteiger partial charge on any atom is 0.408 e. The molecule has 0 bridgehead atoms. The number of ether oxygens (including phenoxy) is 1. The number of hydrogen-bond acceptors (Lipinski definition) is 4. The molecule has 8 heteroatoms. The lowest BCUT2D eigenvalue weighted by Crippen LogP contribution is -2.52. The molecule has 0 spiro atoms. The van der Waals surface area contributed by atoms with E-state index < -0.39 is 17.2 Å². The first kappa shape index (κ1) is 26.0. The number of carbonyl (C=O) groups excluding carboxylic acids is 2. The standard InChI is InChI=1S/C22H43N5O3/c1-7-22(8-2,27-20(29)30-21(4,5)6)16-26-19(23-9-3)25-15-11-14-24-18(28)17-12-10-13-17/h17H,7-16H2,1-6H3,(H,24,28)(H,27,29)(H2,23,25,26). The van der Waals surface area contributed by atoms with E-state index in [0.29, 0.717) is 25.6 Å². The fourth-order valence-corrected chi connectivity index (χ4v) is 3.10. The van der Waals surface area contributed by atoms with Gasteiger partial charge in [-0.25, -0.2) is 4.79 Å². The van der Waals surface area contributed by atoms with Gasteiger partial charge in [0.2, 0.25) is 5.91 Å². The van der Waals surface area contributed by atoms with Gasteiger partial charge in [-0.05, 0) is 59.8 Å². The average Bonchev–Trinajstić information content (AvgIpc) is 2.61. The zero-order chi connectivity index (χ0) is 22.6. The molecule has 30 heavy (non-hydrogen) atoms. The van der Waals surface area contributed by atoms with E-state index in [4.69, 9.17) is 9.73 Å². The molecule has 1 fully saturated rings. The maximum atomic E-state index is 12.3. The monoisotopic (exact) mass is 425 g/mol. The minimum absolute atomic E-state index is 0.186. The third kappa shape index (κ3) is 9.67. The molecule has 0 radical (unpaired) electrons. The number of amides is 2. The molecule has 8 nitrogen and oxygen atoms in total. The highest BCUT2D eigenvalue weighted by Gasteiger charge is 2.30. The van der Waals surface area contributed by atoms with Crippen molar-refractivity contribution in [3.8, 4) is 0 Å². The van der Waals surface area contributed by atoms with Crippen molar-refractivity contribution in [2.75, 3.05) is 26.2 Å². The first-order valence-electron chi connectivity index (χ1n) is 11.5. The highest BCUT2D eigenvalue weighted by atomic mass is 16.6. The lowest BCUT2D eigenvalue weighted by molar-refractivity contribution is -0.127. The van der Waals surface area contributed by atoms with Crippen LogP contribution in [0.2, 0.25) is 0 Å². The summed E-state index contributed by atoms with van der Waals surface area (Å²) in [7, 11) is 0. The van der Waals surface area contributed by atoms with Crippen molar-refractivity contribution in [3.05, 3.63) is 0 Å². The Balaban J connectivity index is 2.52. The van der Waals surface area contributed by atoms with Crippen molar-refractivity contribution in [2.45, 2.75) is 91.2 Å². The van der Waals surface area contributed by atoms with Crippen molar-refractivity contribution in [3.63, 3.8) is 0 Å². The van der Waals surface area contributed by atoms with Gasteiger partial charge >= 0.3 is 6.09 Å². The van der Waals surface area contributed by atoms with Gasteiger partial charge in [-0.1, -0.05) is 20.3 Å². The van der Waals surface area contributed by atoms with E-state index in [1.165, 1.54) is 6.42 Å². The zero-order valence-corrected chi connectivity index (χ0v) is 19.8. The van der Waals surface area contributed by atoms with Gasteiger partial charge in [-0.15, -0.1) is 0 Å². The summed E-state index contributed by atoms with van der Waals surface area (Å²) in [4.78, 5) is 28.9. The predicted molar refractivity (Wildman–Crippen MR) is 122 cm³/mol. The molecule has 2 amide bonds. The Bertz CT molecular complexity index is 564. The molecule has 0 aromatic heterocycles. The summed E-state index contributed by atoms with van der Waals surface area (Å²) in [6.07, 6.45) is 5.12. The van der Waals surface area contributed by atoms with E-state index in [9.17, 15) is 9.59 Å². The van der Waals surface area contributed by atoms with Gasteiger partial charge in [0.25, 0.3) is 0 Å². The molecule has 0 unspecified atom stereocenters. The van der Waals surface area contributed by atoms with Gasteiger partial charge in [-0.3, -0.25) is 9.79 Å². The molecule has 1 rings (SSSR count). The molecule has 0 aliphatic heterocycles. The third-order valence-corrected chi connectivity index (χ3v) is 5.42. The Morgan fingerprint density at radius 2 is 1.63 bits per heavy atom. The van der Waals surface area contributed by atoms with Crippen LogP contribution in [-0.2, 0) is 9.53 Å². The number of carbonyl (C=O) groups is 2. The molecule has 0 atom stereocenters. The lowest BCUT2D eigenvalue weighted by Gasteiger charge is -2.32. The number of guanidine groups is 1. The van der Waals surface area contributed by atoms with Crippen molar-refractivity contribution in [2.24, 2.45) is 10.9 Å². The van der Waals surface area contributed by atoms with Crippen LogP contribution in [0.1, 0.15) is 80.1 Å². The molecule has 0 aromatic rings. The van der Waals surface area contributed by atoms with Crippen LogP contribution in [0.5, 0.6) is 0 Å². The Morgan fingerprint density at radius 3 is 2.13 bits per heavy atom.